The molecule has 0 saturated heterocycles. The molecule has 130 valence electrons. The highest BCUT2D eigenvalue weighted by Gasteiger charge is 2.17. The molecule has 0 saturated carbocycles. The molecule has 0 aliphatic heterocycles. The minimum absolute atomic E-state index is 0.331. The average Bonchev–Trinajstić information content (AvgIpc) is 3.21. The molecule has 7 nitrogen and oxygen atoms in total. The van der Waals surface area contributed by atoms with E-state index in [-0.39, 0.29) is 5.91 Å². The number of fused-ring (bicyclic) bond motifs is 1. The molecule has 4 rings (SSSR count). The van der Waals surface area contributed by atoms with Gasteiger partial charge in [0.1, 0.15) is 5.56 Å². The van der Waals surface area contributed by atoms with E-state index in [9.17, 15) is 4.79 Å². The number of benzene rings is 1. The average molecular weight is 432 g/mol. The minimum atomic E-state index is -0.331. The first-order valence-electron chi connectivity index (χ1n) is 7.68. The summed E-state index contributed by atoms with van der Waals surface area (Å²) in [7, 11) is 0. The van der Waals surface area contributed by atoms with Crippen molar-refractivity contribution in [3.63, 3.8) is 0 Å². The molecule has 0 atom stereocenters. The van der Waals surface area contributed by atoms with Gasteiger partial charge in [-0.05, 0) is 33.6 Å². The van der Waals surface area contributed by atoms with Crippen molar-refractivity contribution >= 4 is 44.9 Å². The number of amides is 1. The van der Waals surface area contributed by atoms with E-state index < -0.39 is 0 Å². The van der Waals surface area contributed by atoms with Gasteiger partial charge in [0.25, 0.3) is 5.91 Å². The summed E-state index contributed by atoms with van der Waals surface area (Å²) in [6, 6.07) is 9.30. The van der Waals surface area contributed by atoms with Crippen LogP contribution in [0.5, 0.6) is 0 Å². The van der Waals surface area contributed by atoms with Gasteiger partial charge in [-0.1, -0.05) is 29.8 Å². The van der Waals surface area contributed by atoms with E-state index in [1.807, 2.05) is 24.3 Å². The fraction of sp³-hybridized carbons (Fsp3) is 0.0588. The Kier molecular flexibility index (Phi) is 4.44. The molecule has 0 fully saturated rings. The van der Waals surface area contributed by atoms with Crippen molar-refractivity contribution in [2.24, 2.45) is 0 Å². The SMILES string of the molecule is O=C(Nc1nn(Cc2ccccc2Cl)cc1Br)c1cnn2cccnc12. The lowest BCUT2D eigenvalue weighted by Gasteiger charge is -2.04. The van der Waals surface area contributed by atoms with Gasteiger partial charge in [0.05, 0.1) is 17.2 Å². The number of rotatable bonds is 4. The maximum Gasteiger partial charge on any atom is 0.262 e. The Hall–Kier alpha value is -2.71. The van der Waals surface area contributed by atoms with Gasteiger partial charge in [-0.25, -0.2) is 9.50 Å². The van der Waals surface area contributed by atoms with E-state index in [4.69, 9.17) is 11.6 Å². The molecule has 3 aromatic heterocycles. The van der Waals surface area contributed by atoms with Crippen LogP contribution in [0, 0.1) is 0 Å². The first-order chi connectivity index (χ1) is 12.6. The lowest BCUT2D eigenvalue weighted by atomic mass is 10.2. The maximum atomic E-state index is 12.6. The van der Waals surface area contributed by atoms with Crippen molar-refractivity contribution in [2.75, 3.05) is 5.32 Å². The van der Waals surface area contributed by atoms with Gasteiger partial charge in [0, 0.05) is 23.6 Å². The molecule has 26 heavy (non-hydrogen) atoms. The van der Waals surface area contributed by atoms with Crippen LogP contribution in [-0.2, 0) is 6.54 Å². The molecule has 1 amide bonds. The zero-order valence-electron chi connectivity index (χ0n) is 13.3. The number of anilines is 1. The number of hydrogen-bond acceptors (Lipinski definition) is 4. The van der Waals surface area contributed by atoms with Crippen molar-refractivity contribution in [1.29, 1.82) is 0 Å². The zero-order chi connectivity index (χ0) is 18.1. The summed E-state index contributed by atoms with van der Waals surface area (Å²) in [5, 5.41) is 12.0. The van der Waals surface area contributed by atoms with Crippen LogP contribution >= 0.6 is 27.5 Å². The molecule has 9 heteroatoms. The van der Waals surface area contributed by atoms with Gasteiger partial charge < -0.3 is 5.32 Å². The van der Waals surface area contributed by atoms with Crippen LogP contribution in [0.4, 0.5) is 5.82 Å². The van der Waals surface area contributed by atoms with Crippen LogP contribution in [-0.4, -0.2) is 30.3 Å². The highest BCUT2D eigenvalue weighted by atomic mass is 79.9. The Morgan fingerprint density at radius 1 is 1.27 bits per heavy atom. The number of nitrogens with one attached hydrogen (secondary N) is 1. The molecule has 0 spiro atoms. The fourth-order valence-corrected chi connectivity index (χ4v) is 3.14. The molecule has 1 aromatic carbocycles. The van der Waals surface area contributed by atoms with Crippen LogP contribution in [0.15, 0.2) is 59.6 Å². The van der Waals surface area contributed by atoms with Crippen LogP contribution in [0.25, 0.3) is 5.65 Å². The Morgan fingerprint density at radius 3 is 2.96 bits per heavy atom. The summed E-state index contributed by atoms with van der Waals surface area (Å²) in [6.45, 7) is 0.492. The Bertz CT molecular complexity index is 1110. The molecule has 0 radical (unpaired) electrons. The van der Waals surface area contributed by atoms with Gasteiger partial charge in [-0.2, -0.15) is 10.2 Å². The lowest BCUT2D eigenvalue weighted by Crippen LogP contribution is -2.13. The topological polar surface area (TPSA) is 77.1 Å². The molecule has 0 bridgehead atoms. The van der Waals surface area contributed by atoms with Gasteiger partial charge in [-0.3, -0.25) is 9.48 Å². The van der Waals surface area contributed by atoms with Crippen LogP contribution in [0.1, 0.15) is 15.9 Å². The van der Waals surface area contributed by atoms with E-state index in [0.29, 0.717) is 33.1 Å². The second-order valence-corrected chi connectivity index (χ2v) is 6.78. The van der Waals surface area contributed by atoms with Gasteiger partial charge in [0.15, 0.2) is 11.5 Å². The molecule has 1 N–H and O–H groups in total. The van der Waals surface area contributed by atoms with E-state index in [2.05, 4.69) is 36.4 Å². The largest absolute Gasteiger partial charge is 0.304 e. The van der Waals surface area contributed by atoms with Gasteiger partial charge in [0.2, 0.25) is 0 Å². The van der Waals surface area contributed by atoms with Gasteiger partial charge >= 0.3 is 0 Å². The maximum absolute atomic E-state index is 12.6. The van der Waals surface area contributed by atoms with Crippen LogP contribution in [0.2, 0.25) is 5.02 Å². The zero-order valence-corrected chi connectivity index (χ0v) is 15.6. The summed E-state index contributed by atoms with van der Waals surface area (Å²) in [5.41, 5.74) is 1.80. The standard InChI is InChI=1S/C17H12BrClN6O/c18-13-10-24(9-11-4-1-2-5-14(11)19)23-15(13)22-17(26)12-8-21-25-7-3-6-20-16(12)25/h1-8,10H,9H2,(H,22,23,26). The number of carbonyl (C=O) groups excluding carboxylic acids is 1. The second kappa shape index (κ2) is 6.89. The first kappa shape index (κ1) is 16.7. The summed E-state index contributed by atoms with van der Waals surface area (Å²) in [4.78, 5) is 16.8. The monoisotopic (exact) mass is 430 g/mol. The Morgan fingerprint density at radius 2 is 2.12 bits per heavy atom. The van der Waals surface area contributed by atoms with E-state index in [0.717, 1.165) is 5.56 Å². The molecule has 3 heterocycles. The number of carbonyl (C=O) groups is 1. The highest BCUT2D eigenvalue weighted by molar-refractivity contribution is 9.10. The summed E-state index contributed by atoms with van der Waals surface area (Å²) >= 11 is 9.61. The minimum Gasteiger partial charge on any atom is -0.304 e. The van der Waals surface area contributed by atoms with Crippen molar-refractivity contribution < 1.29 is 4.79 Å². The summed E-state index contributed by atoms with van der Waals surface area (Å²) < 4.78 is 3.91. The molecule has 0 aliphatic carbocycles. The third kappa shape index (κ3) is 3.21. The number of halogens is 2. The summed E-state index contributed by atoms with van der Waals surface area (Å²) in [5.74, 6) is 0.0831. The van der Waals surface area contributed by atoms with Crippen molar-refractivity contribution in [1.82, 2.24) is 24.4 Å². The van der Waals surface area contributed by atoms with Gasteiger partial charge in [-0.15, -0.1) is 0 Å². The number of hydrogen-bond donors (Lipinski definition) is 1. The predicted octanol–water partition coefficient (Wildman–Crippen LogP) is 3.64. The first-order valence-corrected chi connectivity index (χ1v) is 8.85. The van der Waals surface area contributed by atoms with E-state index in [1.165, 1.54) is 6.20 Å². The summed E-state index contributed by atoms with van der Waals surface area (Å²) in [6.07, 6.45) is 6.61. The third-order valence-electron chi connectivity index (χ3n) is 3.76. The molecule has 4 aromatic rings. The van der Waals surface area contributed by atoms with E-state index >= 15 is 0 Å². The smallest absolute Gasteiger partial charge is 0.262 e. The van der Waals surface area contributed by atoms with E-state index in [1.54, 1.807) is 33.9 Å². The molecule has 0 unspecified atom stereocenters. The van der Waals surface area contributed by atoms with Crippen LogP contribution < -0.4 is 5.32 Å². The molecular weight excluding hydrogens is 420 g/mol. The third-order valence-corrected chi connectivity index (χ3v) is 4.71. The lowest BCUT2D eigenvalue weighted by molar-refractivity contribution is 0.102. The number of aromatic nitrogens is 5. The highest BCUT2D eigenvalue weighted by Crippen LogP contribution is 2.23. The van der Waals surface area contributed by atoms with Crippen molar-refractivity contribution in [2.45, 2.75) is 6.54 Å². The number of nitrogens with zero attached hydrogens (tertiary/aromatic N) is 5. The van der Waals surface area contributed by atoms with Crippen molar-refractivity contribution in [3.8, 4) is 0 Å². The van der Waals surface area contributed by atoms with Crippen molar-refractivity contribution in [3.05, 3.63) is 75.7 Å². The normalized spacial score (nSPS) is 11.0. The Labute approximate surface area is 161 Å². The quantitative estimate of drug-likeness (QED) is 0.535. The molecule has 0 aliphatic rings. The second-order valence-electron chi connectivity index (χ2n) is 5.51. The molecular formula is C17H12BrClN6O. The predicted molar refractivity (Wildman–Crippen MR) is 101 cm³/mol. The van der Waals surface area contributed by atoms with Crippen LogP contribution in [0.3, 0.4) is 0 Å². The fourth-order valence-electron chi connectivity index (χ4n) is 2.53. The Balaban J connectivity index is 1.56.